The molecule has 0 unspecified atom stereocenters. The van der Waals surface area contributed by atoms with E-state index in [1.54, 1.807) is 18.0 Å². The molecule has 5 heteroatoms. The standard InChI is InChI=1S/C15H20N4O/c1-19-14(16)13(11-6-3-4-9-17-11)12(18-19)10-15(20-2)7-5-8-15/h3-4,6,9H,5,7-8,10,16H2,1-2H3. The summed E-state index contributed by atoms with van der Waals surface area (Å²) in [5, 5.41) is 4.57. The second kappa shape index (κ2) is 4.90. The lowest BCUT2D eigenvalue weighted by Gasteiger charge is -2.40. The van der Waals surface area contributed by atoms with E-state index in [0.29, 0.717) is 5.82 Å². The van der Waals surface area contributed by atoms with Gasteiger partial charge in [0.25, 0.3) is 0 Å². The molecule has 0 aromatic carbocycles. The zero-order valence-electron chi connectivity index (χ0n) is 12.0. The summed E-state index contributed by atoms with van der Waals surface area (Å²) in [6, 6.07) is 5.84. The minimum Gasteiger partial charge on any atom is -0.383 e. The van der Waals surface area contributed by atoms with Gasteiger partial charge in [-0.2, -0.15) is 5.10 Å². The maximum atomic E-state index is 6.17. The van der Waals surface area contributed by atoms with Gasteiger partial charge in [0.15, 0.2) is 0 Å². The molecular weight excluding hydrogens is 252 g/mol. The van der Waals surface area contributed by atoms with Gasteiger partial charge in [0.1, 0.15) is 5.82 Å². The van der Waals surface area contributed by atoms with E-state index in [1.165, 1.54) is 6.42 Å². The van der Waals surface area contributed by atoms with Gasteiger partial charge in [-0.15, -0.1) is 0 Å². The van der Waals surface area contributed by atoms with Crippen molar-refractivity contribution >= 4 is 5.82 Å². The van der Waals surface area contributed by atoms with Gasteiger partial charge in [-0.1, -0.05) is 6.07 Å². The molecule has 0 radical (unpaired) electrons. The number of nitrogens with two attached hydrogens (primary N) is 1. The van der Waals surface area contributed by atoms with Gasteiger partial charge in [-0.3, -0.25) is 9.67 Å². The van der Waals surface area contributed by atoms with E-state index < -0.39 is 0 Å². The second-order valence-electron chi connectivity index (χ2n) is 5.46. The number of pyridine rings is 1. The number of hydrogen-bond acceptors (Lipinski definition) is 4. The van der Waals surface area contributed by atoms with Crippen molar-refractivity contribution in [2.45, 2.75) is 31.3 Å². The second-order valence-corrected chi connectivity index (χ2v) is 5.46. The van der Waals surface area contributed by atoms with Crippen molar-refractivity contribution in [1.82, 2.24) is 14.8 Å². The predicted octanol–water partition coefficient (Wildman–Crippen LogP) is 2.18. The Morgan fingerprint density at radius 1 is 1.40 bits per heavy atom. The van der Waals surface area contributed by atoms with Gasteiger partial charge in [0, 0.05) is 26.8 Å². The average Bonchev–Trinajstić information content (AvgIpc) is 2.70. The van der Waals surface area contributed by atoms with Crippen LogP contribution in [-0.4, -0.2) is 27.5 Å². The SMILES string of the molecule is COC1(Cc2nn(C)c(N)c2-c2ccccn2)CCC1. The van der Waals surface area contributed by atoms with E-state index in [1.807, 2.05) is 25.2 Å². The first-order valence-corrected chi connectivity index (χ1v) is 6.93. The fourth-order valence-corrected chi connectivity index (χ4v) is 2.84. The number of methoxy groups -OCH3 is 1. The molecule has 0 saturated heterocycles. The fourth-order valence-electron chi connectivity index (χ4n) is 2.84. The summed E-state index contributed by atoms with van der Waals surface area (Å²) in [5.74, 6) is 0.657. The Morgan fingerprint density at radius 3 is 2.75 bits per heavy atom. The van der Waals surface area contributed by atoms with Gasteiger partial charge >= 0.3 is 0 Å². The normalized spacial score (nSPS) is 16.9. The molecule has 5 nitrogen and oxygen atoms in total. The first kappa shape index (κ1) is 13.1. The van der Waals surface area contributed by atoms with Crippen LogP contribution in [-0.2, 0) is 18.2 Å². The quantitative estimate of drug-likeness (QED) is 0.926. The third-order valence-corrected chi connectivity index (χ3v) is 4.27. The molecular formula is C15H20N4O. The molecule has 0 amide bonds. The van der Waals surface area contributed by atoms with Crippen LogP contribution in [0.15, 0.2) is 24.4 Å². The van der Waals surface area contributed by atoms with Gasteiger partial charge in [0.2, 0.25) is 0 Å². The molecule has 2 N–H and O–H groups in total. The average molecular weight is 272 g/mol. The van der Waals surface area contributed by atoms with Crippen LogP contribution in [0.2, 0.25) is 0 Å². The van der Waals surface area contributed by atoms with Gasteiger partial charge in [-0.25, -0.2) is 0 Å². The maximum absolute atomic E-state index is 6.17. The zero-order chi connectivity index (χ0) is 14.2. The molecule has 20 heavy (non-hydrogen) atoms. The highest BCUT2D eigenvalue weighted by molar-refractivity contribution is 5.74. The van der Waals surface area contributed by atoms with Crippen LogP contribution < -0.4 is 5.73 Å². The lowest BCUT2D eigenvalue weighted by atomic mass is 9.76. The highest BCUT2D eigenvalue weighted by atomic mass is 16.5. The highest BCUT2D eigenvalue weighted by Gasteiger charge is 2.39. The Hall–Kier alpha value is -1.88. The van der Waals surface area contributed by atoms with Crippen molar-refractivity contribution in [3.05, 3.63) is 30.1 Å². The van der Waals surface area contributed by atoms with Gasteiger partial charge in [-0.05, 0) is 31.4 Å². The topological polar surface area (TPSA) is 66.0 Å². The summed E-state index contributed by atoms with van der Waals surface area (Å²) >= 11 is 0. The molecule has 106 valence electrons. The number of anilines is 1. The Balaban J connectivity index is 2.01. The summed E-state index contributed by atoms with van der Waals surface area (Å²) in [5.41, 5.74) is 8.90. The molecule has 2 aromatic heterocycles. The van der Waals surface area contributed by atoms with E-state index in [2.05, 4.69) is 10.1 Å². The zero-order valence-corrected chi connectivity index (χ0v) is 12.0. The van der Waals surface area contributed by atoms with E-state index >= 15 is 0 Å². The highest BCUT2D eigenvalue weighted by Crippen LogP contribution is 2.40. The smallest absolute Gasteiger partial charge is 0.131 e. The summed E-state index contributed by atoms with van der Waals surface area (Å²) in [4.78, 5) is 4.41. The third-order valence-electron chi connectivity index (χ3n) is 4.27. The van der Waals surface area contributed by atoms with Gasteiger partial charge < -0.3 is 10.5 Å². The molecule has 0 bridgehead atoms. The van der Waals surface area contributed by atoms with Crippen LogP contribution in [0.25, 0.3) is 11.3 Å². The Morgan fingerprint density at radius 2 is 2.20 bits per heavy atom. The molecule has 1 aliphatic carbocycles. The van der Waals surface area contributed by atoms with E-state index in [0.717, 1.165) is 36.2 Å². The molecule has 2 heterocycles. The number of ether oxygens (including phenoxy) is 1. The molecule has 1 aliphatic rings. The van der Waals surface area contributed by atoms with Crippen LogP contribution in [0.5, 0.6) is 0 Å². The number of rotatable bonds is 4. The Kier molecular flexibility index (Phi) is 3.22. The molecule has 1 fully saturated rings. The number of aromatic nitrogens is 3. The monoisotopic (exact) mass is 272 g/mol. The van der Waals surface area contributed by atoms with Crippen LogP contribution in [0.4, 0.5) is 5.82 Å². The summed E-state index contributed by atoms with van der Waals surface area (Å²) in [6.45, 7) is 0. The molecule has 0 aliphatic heterocycles. The Labute approximate surface area is 118 Å². The van der Waals surface area contributed by atoms with E-state index in [-0.39, 0.29) is 5.60 Å². The fraction of sp³-hybridized carbons (Fsp3) is 0.467. The van der Waals surface area contributed by atoms with Crippen LogP contribution in [0.3, 0.4) is 0 Å². The first-order valence-electron chi connectivity index (χ1n) is 6.93. The van der Waals surface area contributed by atoms with Crippen molar-refractivity contribution in [2.24, 2.45) is 7.05 Å². The summed E-state index contributed by atoms with van der Waals surface area (Å²) in [7, 11) is 3.65. The summed E-state index contributed by atoms with van der Waals surface area (Å²) < 4.78 is 7.43. The Bertz CT molecular complexity index is 596. The lowest BCUT2D eigenvalue weighted by molar-refractivity contribution is -0.0714. The largest absolute Gasteiger partial charge is 0.383 e. The number of aryl methyl sites for hydroxylation is 1. The molecule has 3 rings (SSSR count). The van der Waals surface area contributed by atoms with Crippen molar-refractivity contribution in [1.29, 1.82) is 0 Å². The van der Waals surface area contributed by atoms with Crippen LogP contribution in [0.1, 0.15) is 25.0 Å². The predicted molar refractivity (Wildman–Crippen MR) is 78.1 cm³/mol. The number of nitrogen functional groups attached to an aromatic ring is 1. The lowest BCUT2D eigenvalue weighted by Crippen LogP contribution is -2.41. The number of hydrogen-bond donors (Lipinski definition) is 1. The first-order chi connectivity index (χ1) is 9.65. The van der Waals surface area contributed by atoms with Crippen molar-refractivity contribution < 1.29 is 4.74 Å². The van der Waals surface area contributed by atoms with Crippen molar-refractivity contribution in [2.75, 3.05) is 12.8 Å². The van der Waals surface area contributed by atoms with Crippen LogP contribution in [0, 0.1) is 0 Å². The molecule has 2 aromatic rings. The number of nitrogens with zero attached hydrogens (tertiary/aromatic N) is 3. The van der Waals surface area contributed by atoms with Crippen molar-refractivity contribution in [3.63, 3.8) is 0 Å². The molecule has 0 spiro atoms. The molecule has 0 atom stereocenters. The van der Waals surface area contributed by atoms with Crippen LogP contribution >= 0.6 is 0 Å². The van der Waals surface area contributed by atoms with E-state index in [4.69, 9.17) is 10.5 Å². The summed E-state index contributed by atoms with van der Waals surface area (Å²) in [6.07, 6.45) is 5.96. The minimum atomic E-state index is -0.0652. The third kappa shape index (κ3) is 2.08. The minimum absolute atomic E-state index is 0.0652. The van der Waals surface area contributed by atoms with E-state index in [9.17, 15) is 0 Å². The maximum Gasteiger partial charge on any atom is 0.131 e. The van der Waals surface area contributed by atoms with Crippen molar-refractivity contribution in [3.8, 4) is 11.3 Å². The van der Waals surface area contributed by atoms with Gasteiger partial charge in [0.05, 0.1) is 22.6 Å². The molecule has 1 saturated carbocycles.